The number of nitrogens with zero attached hydrogens (tertiary/aromatic N) is 2. The first kappa shape index (κ1) is 16.0. The fourth-order valence-electron chi connectivity index (χ4n) is 5.93. The normalized spacial score (nSPS) is 33.2. The summed E-state index contributed by atoms with van der Waals surface area (Å²) in [5, 5.41) is 18.1. The highest BCUT2D eigenvalue weighted by atomic mass is 32.2. The van der Waals surface area contributed by atoms with E-state index in [-0.39, 0.29) is 0 Å². The van der Waals surface area contributed by atoms with Crippen molar-refractivity contribution in [3.63, 3.8) is 0 Å². The molecule has 4 fully saturated rings. The Morgan fingerprint density at radius 3 is 2.17 bits per heavy atom. The van der Waals surface area contributed by atoms with Crippen molar-refractivity contribution in [2.75, 3.05) is 17.7 Å². The van der Waals surface area contributed by atoms with Gasteiger partial charge < -0.3 is 4.90 Å². The summed E-state index contributed by atoms with van der Waals surface area (Å²) in [5.74, 6) is 2.80. The van der Waals surface area contributed by atoms with E-state index in [9.17, 15) is 0 Å². The molecular formula is C20H25N3S. The summed E-state index contributed by atoms with van der Waals surface area (Å²) >= 11 is 1.51. The molecule has 4 saturated carbocycles. The van der Waals surface area contributed by atoms with Crippen molar-refractivity contribution in [2.24, 2.45) is 23.2 Å². The van der Waals surface area contributed by atoms with Gasteiger partial charge in [0.05, 0.1) is 11.6 Å². The Kier molecular flexibility index (Phi) is 4.08. The van der Waals surface area contributed by atoms with Gasteiger partial charge in [-0.1, -0.05) is 11.8 Å². The van der Waals surface area contributed by atoms with Gasteiger partial charge in [0, 0.05) is 12.2 Å². The van der Waals surface area contributed by atoms with Crippen LogP contribution in [-0.2, 0) is 0 Å². The van der Waals surface area contributed by atoms with Crippen molar-refractivity contribution in [3.05, 3.63) is 29.8 Å². The molecule has 5 rings (SSSR count). The summed E-state index contributed by atoms with van der Waals surface area (Å²) in [6, 6.07) is 9.93. The van der Waals surface area contributed by atoms with Crippen molar-refractivity contribution in [1.29, 1.82) is 10.7 Å². The molecule has 1 aromatic rings. The zero-order valence-corrected chi connectivity index (χ0v) is 15.1. The molecule has 1 N–H and O–H groups in total. The van der Waals surface area contributed by atoms with Crippen LogP contribution in [0, 0.1) is 39.9 Å². The number of nitriles is 1. The SMILES string of the molecule is CSC(=N)N(CC12CC3CC(CC(C3)C1)C2)c1ccc(C#N)cc1. The molecule has 0 atom stereocenters. The molecule has 4 bridgehead atoms. The molecule has 0 spiro atoms. The number of hydrogen-bond acceptors (Lipinski definition) is 3. The summed E-state index contributed by atoms with van der Waals surface area (Å²) in [4.78, 5) is 2.19. The lowest BCUT2D eigenvalue weighted by atomic mass is 9.49. The average Bonchev–Trinajstić information content (AvgIpc) is 2.58. The Morgan fingerprint density at radius 1 is 1.17 bits per heavy atom. The number of amidine groups is 1. The fourth-order valence-corrected chi connectivity index (χ4v) is 6.32. The van der Waals surface area contributed by atoms with Crippen LogP contribution in [0.1, 0.15) is 44.1 Å². The van der Waals surface area contributed by atoms with Crippen LogP contribution in [0.5, 0.6) is 0 Å². The van der Waals surface area contributed by atoms with E-state index >= 15 is 0 Å². The highest BCUT2D eigenvalue weighted by molar-refractivity contribution is 8.13. The van der Waals surface area contributed by atoms with Gasteiger partial charge in [-0.15, -0.1) is 0 Å². The van der Waals surface area contributed by atoms with Crippen LogP contribution >= 0.6 is 11.8 Å². The number of rotatable bonds is 3. The third-order valence-electron chi connectivity index (χ3n) is 6.41. The van der Waals surface area contributed by atoms with E-state index in [0.29, 0.717) is 16.1 Å². The molecule has 4 aliphatic rings. The summed E-state index contributed by atoms with van der Waals surface area (Å²) in [6.07, 6.45) is 10.4. The molecule has 0 radical (unpaired) electrons. The molecule has 126 valence electrons. The second-order valence-corrected chi connectivity index (χ2v) is 8.97. The van der Waals surface area contributed by atoms with Gasteiger partial charge in [0.1, 0.15) is 0 Å². The third kappa shape index (κ3) is 2.84. The maximum atomic E-state index is 9.02. The van der Waals surface area contributed by atoms with Gasteiger partial charge in [-0.2, -0.15) is 5.26 Å². The van der Waals surface area contributed by atoms with Gasteiger partial charge >= 0.3 is 0 Å². The van der Waals surface area contributed by atoms with Gasteiger partial charge in [-0.05, 0) is 92.2 Å². The van der Waals surface area contributed by atoms with Crippen LogP contribution in [0.15, 0.2) is 24.3 Å². The van der Waals surface area contributed by atoms with Crippen LogP contribution in [0.25, 0.3) is 0 Å². The lowest BCUT2D eigenvalue weighted by Gasteiger charge is -2.58. The van der Waals surface area contributed by atoms with Crippen molar-refractivity contribution in [2.45, 2.75) is 38.5 Å². The lowest BCUT2D eigenvalue weighted by Crippen LogP contribution is -2.52. The molecule has 0 aliphatic heterocycles. The van der Waals surface area contributed by atoms with Crippen molar-refractivity contribution >= 4 is 22.6 Å². The van der Waals surface area contributed by atoms with E-state index in [1.165, 1.54) is 50.3 Å². The van der Waals surface area contributed by atoms with Gasteiger partial charge in [0.25, 0.3) is 0 Å². The Balaban J connectivity index is 1.60. The molecule has 0 saturated heterocycles. The predicted molar refractivity (Wildman–Crippen MR) is 100 cm³/mol. The van der Waals surface area contributed by atoms with E-state index in [4.69, 9.17) is 10.7 Å². The summed E-state index contributed by atoms with van der Waals surface area (Å²) in [6.45, 7) is 0.974. The van der Waals surface area contributed by atoms with Gasteiger partial charge in [-0.25, -0.2) is 0 Å². The summed E-state index contributed by atoms with van der Waals surface area (Å²) in [5.41, 5.74) is 2.15. The minimum absolute atomic E-state index is 0.407. The second-order valence-electron chi connectivity index (χ2n) is 8.17. The van der Waals surface area contributed by atoms with E-state index in [1.807, 2.05) is 30.5 Å². The third-order valence-corrected chi connectivity index (χ3v) is 7.01. The molecule has 0 amide bonds. The molecule has 0 aromatic heterocycles. The highest BCUT2D eigenvalue weighted by Crippen LogP contribution is 2.60. The minimum atomic E-state index is 0.407. The van der Waals surface area contributed by atoms with Crippen molar-refractivity contribution in [3.8, 4) is 6.07 Å². The van der Waals surface area contributed by atoms with Gasteiger partial charge in [0.2, 0.25) is 0 Å². The van der Waals surface area contributed by atoms with Crippen LogP contribution in [0.2, 0.25) is 0 Å². The van der Waals surface area contributed by atoms with E-state index in [0.717, 1.165) is 30.0 Å². The quantitative estimate of drug-likeness (QED) is 0.631. The Bertz CT molecular complexity index is 638. The number of nitrogens with one attached hydrogen (secondary N) is 1. The number of benzene rings is 1. The molecule has 4 aliphatic carbocycles. The zero-order chi connectivity index (χ0) is 16.7. The largest absolute Gasteiger partial charge is 0.321 e. The monoisotopic (exact) mass is 339 g/mol. The highest BCUT2D eigenvalue weighted by Gasteiger charge is 2.51. The number of anilines is 1. The second kappa shape index (κ2) is 6.11. The van der Waals surface area contributed by atoms with E-state index < -0.39 is 0 Å². The summed E-state index contributed by atoms with van der Waals surface area (Å²) in [7, 11) is 0. The van der Waals surface area contributed by atoms with Gasteiger partial charge in [0.15, 0.2) is 5.17 Å². The Morgan fingerprint density at radius 2 is 1.71 bits per heavy atom. The molecule has 0 unspecified atom stereocenters. The Labute approximate surface area is 148 Å². The number of thioether (sulfide) groups is 1. The predicted octanol–water partition coefficient (Wildman–Crippen LogP) is 4.88. The standard InChI is InChI=1S/C20H25N3S/c1-24-19(22)23(18-4-2-14(12-21)3-5-18)13-20-9-15-6-16(10-20)8-17(7-15)11-20/h2-5,15-17,22H,6-11,13H2,1H3. The molecule has 3 nitrogen and oxygen atoms in total. The van der Waals surface area contributed by atoms with Crippen molar-refractivity contribution < 1.29 is 0 Å². The first-order valence-electron chi connectivity index (χ1n) is 9.01. The van der Waals surface area contributed by atoms with E-state index in [1.54, 1.807) is 0 Å². The number of hydrogen-bond donors (Lipinski definition) is 1. The molecular weight excluding hydrogens is 314 g/mol. The van der Waals surface area contributed by atoms with Gasteiger partial charge in [-0.3, -0.25) is 5.41 Å². The topological polar surface area (TPSA) is 50.9 Å². The molecule has 0 heterocycles. The smallest absolute Gasteiger partial charge is 0.160 e. The first-order valence-corrected chi connectivity index (χ1v) is 10.2. The first-order chi connectivity index (χ1) is 11.6. The molecule has 4 heteroatoms. The van der Waals surface area contributed by atoms with E-state index in [2.05, 4.69) is 11.0 Å². The molecule has 24 heavy (non-hydrogen) atoms. The van der Waals surface area contributed by atoms with Crippen LogP contribution in [0.4, 0.5) is 5.69 Å². The molecule has 1 aromatic carbocycles. The van der Waals surface area contributed by atoms with Crippen molar-refractivity contribution in [1.82, 2.24) is 0 Å². The maximum Gasteiger partial charge on any atom is 0.160 e. The summed E-state index contributed by atoms with van der Waals surface area (Å²) < 4.78 is 0. The van der Waals surface area contributed by atoms with Crippen LogP contribution < -0.4 is 4.90 Å². The van der Waals surface area contributed by atoms with Crippen LogP contribution in [-0.4, -0.2) is 18.0 Å². The minimum Gasteiger partial charge on any atom is -0.321 e. The zero-order valence-electron chi connectivity index (χ0n) is 14.3. The average molecular weight is 340 g/mol. The Hall–Kier alpha value is -1.47. The van der Waals surface area contributed by atoms with Crippen LogP contribution in [0.3, 0.4) is 0 Å². The maximum absolute atomic E-state index is 9.02. The fraction of sp³-hybridized carbons (Fsp3) is 0.600. The lowest BCUT2D eigenvalue weighted by molar-refractivity contribution is -0.0463.